The Kier molecular flexibility index (Phi) is 3.85. The molecule has 1 aliphatic rings. The van der Waals surface area contributed by atoms with Crippen molar-refractivity contribution in [2.75, 3.05) is 13.1 Å². The number of carbonyl (C=O) groups is 1. The predicted molar refractivity (Wildman–Crippen MR) is 68.9 cm³/mol. The Morgan fingerprint density at radius 2 is 2.16 bits per heavy atom. The zero-order valence-electron chi connectivity index (χ0n) is 11.1. The average molecular weight is 268 g/mol. The highest BCUT2D eigenvalue weighted by Crippen LogP contribution is 2.25. The van der Waals surface area contributed by atoms with Gasteiger partial charge in [0.05, 0.1) is 5.56 Å². The maximum Gasteiger partial charge on any atom is 0.254 e. The Hall–Kier alpha value is -1.49. The van der Waals surface area contributed by atoms with Gasteiger partial charge in [0.25, 0.3) is 5.91 Å². The lowest BCUT2D eigenvalue weighted by Gasteiger charge is -2.39. The normalized spacial score (nSPS) is 22.0. The predicted octanol–water partition coefficient (Wildman–Crippen LogP) is 2.08. The fourth-order valence-corrected chi connectivity index (χ4v) is 2.35. The molecule has 0 aromatic heterocycles. The molecule has 104 valence electrons. The van der Waals surface area contributed by atoms with E-state index in [1.807, 2.05) is 13.8 Å². The van der Waals surface area contributed by atoms with Crippen molar-refractivity contribution >= 4 is 5.91 Å². The van der Waals surface area contributed by atoms with Gasteiger partial charge in [0.1, 0.15) is 11.6 Å². The third-order valence-electron chi connectivity index (χ3n) is 3.61. The minimum Gasteiger partial charge on any atom is -0.349 e. The van der Waals surface area contributed by atoms with Crippen molar-refractivity contribution in [3.8, 4) is 0 Å². The van der Waals surface area contributed by atoms with Crippen LogP contribution in [-0.2, 0) is 0 Å². The fourth-order valence-electron chi connectivity index (χ4n) is 2.35. The molecule has 19 heavy (non-hydrogen) atoms. The number of amides is 1. The molecule has 0 spiro atoms. The topological polar surface area (TPSA) is 41.1 Å². The summed E-state index contributed by atoms with van der Waals surface area (Å²) >= 11 is 0. The Balaban J connectivity index is 2.14. The van der Waals surface area contributed by atoms with E-state index in [0.29, 0.717) is 0 Å². The molecule has 1 aromatic carbocycles. The zero-order valence-corrected chi connectivity index (χ0v) is 11.1. The second-order valence-corrected chi connectivity index (χ2v) is 5.60. The van der Waals surface area contributed by atoms with Gasteiger partial charge in [-0.2, -0.15) is 0 Å². The molecule has 1 heterocycles. The highest BCUT2D eigenvalue weighted by atomic mass is 19.1. The molecule has 2 N–H and O–H groups in total. The minimum atomic E-state index is -0.703. The fraction of sp³-hybridized carbons (Fsp3) is 0.500. The molecule has 5 heteroatoms. The van der Waals surface area contributed by atoms with Crippen LogP contribution in [-0.4, -0.2) is 25.0 Å². The number of nitrogens with one attached hydrogen (secondary N) is 2. The third kappa shape index (κ3) is 3.10. The van der Waals surface area contributed by atoms with E-state index in [0.717, 1.165) is 37.7 Å². The van der Waals surface area contributed by atoms with Gasteiger partial charge in [-0.05, 0) is 36.6 Å². The van der Waals surface area contributed by atoms with Gasteiger partial charge in [-0.15, -0.1) is 0 Å². The Labute approximate surface area is 111 Å². The molecule has 0 aliphatic carbocycles. The first-order valence-corrected chi connectivity index (χ1v) is 6.37. The Morgan fingerprint density at radius 3 is 2.84 bits per heavy atom. The van der Waals surface area contributed by atoms with Crippen molar-refractivity contribution in [3.63, 3.8) is 0 Å². The summed E-state index contributed by atoms with van der Waals surface area (Å²) in [7, 11) is 0. The zero-order chi connectivity index (χ0) is 14.0. The van der Waals surface area contributed by atoms with E-state index >= 15 is 0 Å². The third-order valence-corrected chi connectivity index (χ3v) is 3.61. The molecule has 0 bridgehead atoms. The van der Waals surface area contributed by atoms with Gasteiger partial charge in [-0.25, -0.2) is 8.78 Å². The largest absolute Gasteiger partial charge is 0.349 e. The summed E-state index contributed by atoms with van der Waals surface area (Å²) in [6, 6.07) is 2.85. The highest BCUT2D eigenvalue weighted by molar-refractivity contribution is 5.94. The van der Waals surface area contributed by atoms with Crippen molar-refractivity contribution in [2.45, 2.75) is 26.3 Å². The molecule has 3 nitrogen and oxygen atoms in total. The van der Waals surface area contributed by atoms with Crippen molar-refractivity contribution < 1.29 is 13.6 Å². The van der Waals surface area contributed by atoms with Crippen LogP contribution in [0.3, 0.4) is 0 Å². The molecule has 1 unspecified atom stereocenters. The molecular weight excluding hydrogens is 250 g/mol. The second kappa shape index (κ2) is 5.25. The smallest absolute Gasteiger partial charge is 0.254 e. The van der Waals surface area contributed by atoms with Crippen LogP contribution < -0.4 is 10.6 Å². The summed E-state index contributed by atoms with van der Waals surface area (Å²) in [6.45, 7) is 5.65. The van der Waals surface area contributed by atoms with E-state index in [2.05, 4.69) is 10.6 Å². The second-order valence-electron chi connectivity index (χ2n) is 5.60. The van der Waals surface area contributed by atoms with E-state index < -0.39 is 17.5 Å². The summed E-state index contributed by atoms with van der Waals surface area (Å²) in [5.41, 5.74) is -0.355. The van der Waals surface area contributed by atoms with Crippen LogP contribution in [0.1, 0.15) is 30.6 Å². The number of carbonyl (C=O) groups excluding carboxylic acids is 1. The van der Waals surface area contributed by atoms with Gasteiger partial charge in [-0.3, -0.25) is 4.79 Å². The van der Waals surface area contributed by atoms with Crippen LogP contribution in [0.5, 0.6) is 0 Å². The summed E-state index contributed by atoms with van der Waals surface area (Å²) in [5, 5.41) is 6.06. The molecule has 1 saturated heterocycles. The Morgan fingerprint density at radius 1 is 1.42 bits per heavy atom. The van der Waals surface area contributed by atoms with Crippen molar-refractivity contribution in [2.24, 2.45) is 5.41 Å². The first-order valence-electron chi connectivity index (χ1n) is 6.37. The van der Waals surface area contributed by atoms with Crippen LogP contribution in [0.15, 0.2) is 18.2 Å². The molecule has 1 atom stereocenters. The van der Waals surface area contributed by atoms with Gasteiger partial charge in [-0.1, -0.05) is 13.8 Å². The first-order chi connectivity index (χ1) is 8.90. The van der Waals surface area contributed by atoms with E-state index in [1.165, 1.54) is 0 Å². The maximum absolute atomic E-state index is 13.5. The quantitative estimate of drug-likeness (QED) is 0.862. The number of piperidine rings is 1. The van der Waals surface area contributed by atoms with E-state index in [1.54, 1.807) is 0 Å². The lowest BCUT2D eigenvalue weighted by atomic mass is 9.80. The SMILES string of the molecule is CC1(C)CNCCC1NC(=O)c1cc(F)ccc1F. The van der Waals surface area contributed by atoms with Crippen LogP contribution in [0.25, 0.3) is 0 Å². The Bertz CT molecular complexity index is 488. The summed E-state index contributed by atoms with van der Waals surface area (Å²) in [4.78, 5) is 12.0. The van der Waals surface area contributed by atoms with Gasteiger partial charge < -0.3 is 10.6 Å². The van der Waals surface area contributed by atoms with Crippen molar-refractivity contribution in [1.29, 1.82) is 0 Å². The van der Waals surface area contributed by atoms with E-state index in [-0.39, 0.29) is 17.0 Å². The highest BCUT2D eigenvalue weighted by Gasteiger charge is 2.33. The monoisotopic (exact) mass is 268 g/mol. The van der Waals surface area contributed by atoms with Crippen molar-refractivity contribution in [1.82, 2.24) is 10.6 Å². The molecular formula is C14H18F2N2O. The van der Waals surface area contributed by atoms with Gasteiger partial charge in [0, 0.05) is 12.6 Å². The van der Waals surface area contributed by atoms with Gasteiger partial charge in [0.2, 0.25) is 0 Å². The van der Waals surface area contributed by atoms with E-state index in [9.17, 15) is 13.6 Å². The molecule has 0 saturated carbocycles. The maximum atomic E-state index is 13.5. The number of hydrogen-bond acceptors (Lipinski definition) is 2. The first kappa shape index (κ1) is 13.9. The minimum absolute atomic E-state index is 0.0519. The number of halogens is 2. The number of rotatable bonds is 2. The molecule has 1 aromatic rings. The van der Waals surface area contributed by atoms with Crippen LogP contribution >= 0.6 is 0 Å². The summed E-state index contributed by atoms with van der Waals surface area (Å²) < 4.78 is 26.6. The standard InChI is InChI=1S/C14H18F2N2O/c1-14(2)8-17-6-5-12(14)18-13(19)10-7-9(15)3-4-11(10)16/h3-4,7,12,17H,5-6,8H2,1-2H3,(H,18,19). The summed E-state index contributed by atoms with van der Waals surface area (Å²) in [6.07, 6.45) is 0.773. The van der Waals surface area contributed by atoms with E-state index in [4.69, 9.17) is 0 Å². The molecule has 1 fully saturated rings. The lowest BCUT2D eigenvalue weighted by molar-refractivity contribution is 0.0864. The molecule has 0 radical (unpaired) electrons. The van der Waals surface area contributed by atoms with Gasteiger partial charge in [0.15, 0.2) is 0 Å². The van der Waals surface area contributed by atoms with Crippen LogP contribution in [0.2, 0.25) is 0 Å². The lowest BCUT2D eigenvalue weighted by Crippen LogP contribution is -2.54. The number of hydrogen-bond donors (Lipinski definition) is 2. The number of benzene rings is 1. The molecule has 1 amide bonds. The van der Waals surface area contributed by atoms with Crippen molar-refractivity contribution in [3.05, 3.63) is 35.4 Å². The summed E-state index contributed by atoms with van der Waals surface area (Å²) in [5.74, 6) is -1.88. The van der Waals surface area contributed by atoms with Crippen LogP contribution in [0, 0.1) is 17.0 Å². The average Bonchev–Trinajstić information content (AvgIpc) is 2.34. The van der Waals surface area contributed by atoms with Crippen LogP contribution in [0.4, 0.5) is 8.78 Å². The molecule has 1 aliphatic heterocycles. The molecule has 2 rings (SSSR count). The van der Waals surface area contributed by atoms with Gasteiger partial charge >= 0.3 is 0 Å².